The molecule has 2 heterocycles. The lowest BCUT2D eigenvalue weighted by molar-refractivity contribution is 0.0102. The number of thioether (sulfide) groups is 1. The second kappa shape index (κ2) is 9.10. The van der Waals surface area contributed by atoms with E-state index in [0.29, 0.717) is 0 Å². The molecule has 1 aliphatic rings. The first-order valence-corrected chi connectivity index (χ1v) is 13.1. The van der Waals surface area contributed by atoms with E-state index in [0.717, 1.165) is 17.8 Å². The molecule has 0 spiro atoms. The fourth-order valence-corrected chi connectivity index (χ4v) is 7.14. The van der Waals surface area contributed by atoms with E-state index in [9.17, 15) is 33.6 Å². The zero-order valence-electron chi connectivity index (χ0n) is 13.8. The predicted octanol–water partition coefficient (Wildman–Crippen LogP) is -0.415. The lowest BCUT2D eigenvalue weighted by Crippen LogP contribution is -2.33. The summed E-state index contributed by atoms with van der Waals surface area (Å²) < 4.78 is 46.4. The molecule has 6 atom stereocenters. The molecule has 0 bridgehead atoms. The van der Waals surface area contributed by atoms with Crippen molar-refractivity contribution >= 4 is 47.4 Å². The number of nitrogens with zero attached hydrogens (tertiary/aromatic N) is 1. The number of H-pyrrole nitrogens is 1. The fourth-order valence-electron chi connectivity index (χ4n) is 2.20. The van der Waals surface area contributed by atoms with Crippen molar-refractivity contribution in [2.45, 2.75) is 22.8 Å². The Morgan fingerprint density at radius 1 is 1.10 bits per heavy atom. The van der Waals surface area contributed by atoms with Crippen LogP contribution >= 0.6 is 47.4 Å². The van der Waals surface area contributed by atoms with Gasteiger partial charge in [0.2, 0.25) is 0 Å². The van der Waals surface area contributed by atoms with Crippen LogP contribution in [0.1, 0.15) is 5.37 Å². The minimum atomic E-state index is -5.67. The zero-order chi connectivity index (χ0) is 22.2. The monoisotopic (exact) mass is 516 g/mol. The summed E-state index contributed by atoms with van der Waals surface area (Å²) in [7, 11) is -16.6. The SMILES string of the molecule is O=c1ccn([C@@H]2S[C@H](COP(=O)(O)OP(=O)(O)OP(=O)(O)O)[C@@H](O)[C@H]2O)c(=S)[nH]1. The van der Waals surface area contributed by atoms with Crippen LogP contribution in [0.25, 0.3) is 0 Å². The van der Waals surface area contributed by atoms with Gasteiger partial charge in [-0.3, -0.25) is 14.3 Å². The molecule has 2 unspecified atom stereocenters. The van der Waals surface area contributed by atoms with Gasteiger partial charge in [0.25, 0.3) is 5.56 Å². The molecule has 0 radical (unpaired) electrons. The molecular weight excluding hydrogens is 501 g/mol. The van der Waals surface area contributed by atoms with Gasteiger partial charge in [-0.25, -0.2) is 13.7 Å². The minimum Gasteiger partial charge on any atom is -0.389 e. The Bertz CT molecular complexity index is 1010. The maximum atomic E-state index is 11.7. The van der Waals surface area contributed by atoms with Crippen molar-refractivity contribution in [2.24, 2.45) is 0 Å². The van der Waals surface area contributed by atoms with Crippen LogP contribution in [0.4, 0.5) is 0 Å². The number of aromatic amines is 1. The summed E-state index contributed by atoms with van der Waals surface area (Å²) in [6, 6.07) is 1.12. The van der Waals surface area contributed by atoms with Crippen LogP contribution in [0.15, 0.2) is 17.1 Å². The topological polar surface area (TPSA) is 238 Å². The van der Waals surface area contributed by atoms with E-state index in [1.54, 1.807) is 0 Å². The average molecular weight is 516 g/mol. The van der Waals surface area contributed by atoms with E-state index in [4.69, 9.17) is 26.9 Å². The van der Waals surface area contributed by atoms with Gasteiger partial charge >= 0.3 is 23.5 Å². The molecule has 0 amide bonds. The molecule has 2 rings (SSSR count). The summed E-state index contributed by atoms with van der Waals surface area (Å²) >= 11 is 5.81. The van der Waals surface area contributed by atoms with Crippen molar-refractivity contribution in [2.75, 3.05) is 6.61 Å². The Labute approximate surface area is 170 Å². The van der Waals surface area contributed by atoms with E-state index in [2.05, 4.69) is 18.1 Å². The molecule has 0 aromatic carbocycles. The highest BCUT2D eigenvalue weighted by Gasteiger charge is 2.46. The molecular formula is C9H15N2O13P3S2. The van der Waals surface area contributed by atoms with Crippen LogP contribution in [0.3, 0.4) is 0 Å². The molecule has 1 aromatic rings. The minimum absolute atomic E-state index is 0.0604. The van der Waals surface area contributed by atoms with Crippen molar-refractivity contribution in [1.29, 1.82) is 0 Å². The fraction of sp³-hybridized carbons (Fsp3) is 0.556. The third-order valence-corrected chi connectivity index (χ3v) is 8.95. The third-order valence-electron chi connectivity index (χ3n) is 3.28. The molecule has 0 aliphatic carbocycles. The smallest absolute Gasteiger partial charge is 0.389 e. The molecule has 1 saturated heterocycles. The second-order valence-corrected chi connectivity index (χ2v) is 11.6. The lowest BCUT2D eigenvalue weighted by atomic mass is 10.1. The Kier molecular flexibility index (Phi) is 7.86. The van der Waals surface area contributed by atoms with Gasteiger partial charge in [-0.15, -0.1) is 11.8 Å². The molecule has 7 N–H and O–H groups in total. The summed E-state index contributed by atoms with van der Waals surface area (Å²) in [5.41, 5.74) is -0.492. The van der Waals surface area contributed by atoms with Crippen LogP contribution in [0.5, 0.6) is 0 Å². The van der Waals surface area contributed by atoms with Gasteiger partial charge in [0.05, 0.1) is 18.0 Å². The molecule has 20 heteroatoms. The van der Waals surface area contributed by atoms with Crippen molar-refractivity contribution in [3.05, 3.63) is 27.4 Å². The maximum absolute atomic E-state index is 11.7. The highest BCUT2D eigenvalue weighted by atomic mass is 32.2. The van der Waals surface area contributed by atoms with Crippen molar-refractivity contribution in [1.82, 2.24) is 9.55 Å². The van der Waals surface area contributed by atoms with Crippen LogP contribution in [0, 0.1) is 4.77 Å². The van der Waals surface area contributed by atoms with Crippen molar-refractivity contribution in [3.8, 4) is 0 Å². The van der Waals surface area contributed by atoms with Crippen LogP contribution in [-0.4, -0.2) is 63.4 Å². The normalized spacial score (nSPS) is 29.3. The summed E-state index contributed by atoms with van der Waals surface area (Å²) in [4.78, 5) is 49.0. The molecule has 15 nitrogen and oxygen atoms in total. The van der Waals surface area contributed by atoms with E-state index in [-0.39, 0.29) is 4.77 Å². The Hall–Kier alpha value is -0.220. The molecule has 29 heavy (non-hydrogen) atoms. The van der Waals surface area contributed by atoms with Gasteiger partial charge in [0.15, 0.2) is 4.77 Å². The lowest BCUT2D eigenvalue weighted by Gasteiger charge is -2.19. The number of aliphatic hydroxyl groups is 2. The van der Waals surface area contributed by atoms with Crippen molar-refractivity contribution in [3.63, 3.8) is 0 Å². The average Bonchev–Trinajstić information content (AvgIpc) is 2.78. The van der Waals surface area contributed by atoms with Crippen LogP contribution in [-0.2, 0) is 26.8 Å². The molecule has 1 fully saturated rings. The third kappa shape index (κ3) is 7.16. The van der Waals surface area contributed by atoms with E-state index < -0.39 is 58.5 Å². The molecule has 1 aromatic heterocycles. The molecule has 0 saturated carbocycles. The quantitative estimate of drug-likeness (QED) is 0.172. The highest BCUT2D eigenvalue weighted by Crippen LogP contribution is 2.66. The largest absolute Gasteiger partial charge is 0.490 e. The number of phosphoric ester groups is 1. The Morgan fingerprint density at radius 3 is 2.28 bits per heavy atom. The van der Waals surface area contributed by atoms with Gasteiger partial charge in [0.1, 0.15) is 11.5 Å². The van der Waals surface area contributed by atoms with Crippen LogP contribution < -0.4 is 5.56 Å². The summed E-state index contributed by atoms with van der Waals surface area (Å²) in [6.07, 6.45) is -1.68. The Balaban J connectivity index is 2.06. The summed E-state index contributed by atoms with van der Waals surface area (Å²) in [5, 5.41) is 18.3. The standard InChI is InChI=1S/C9H15N2O13P3S2/c12-5-1-2-11(9(28)10-5)8-7(14)6(13)4(29-8)3-22-26(18,19)24-27(20,21)23-25(15,16)17/h1-2,4,6-8,13-14H,3H2,(H,18,19)(H,20,21)(H,10,12,28)(H2,15,16,17)/t4-,6-,7-,8-/m1/s1. The first-order chi connectivity index (χ1) is 13.1. The first-order valence-electron chi connectivity index (χ1n) is 7.22. The van der Waals surface area contributed by atoms with Gasteiger partial charge in [-0.05, 0) is 12.2 Å². The van der Waals surface area contributed by atoms with E-state index in [1.807, 2.05) is 0 Å². The number of rotatable bonds is 8. The molecule has 166 valence electrons. The van der Waals surface area contributed by atoms with Gasteiger partial charge < -0.3 is 34.4 Å². The number of hydrogen-bond acceptors (Lipinski definition) is 11. The second-order valence-electron chi connectivity index (χ2n) is 5.45. The van der Waals surface area contributed by atoms with Crippen LogP contribution in [0.2, 0.25) is 0 Å². The molecule has 1 aliphatic heterocycles. The summed E-state index contributed by atoms with van der Waals surface area (Å²) in [6.45, 7) is -0.792. The maximum Gasteiger partial charge on any atom is 0.490 e. The van der Waals surface area contributed by atoms with Gasteiger partial charge in [-0.2, -0.15) is 8.62 Å². The number of hydrogen-bond donors (Lipinski definition) is 7. The number of aromatic nitrogens is 2. The van der Waals surface area contributed by atoms with E-state index in [1.165, 1.54) is 10.8 Å². The highest BCUT2D eigenvalue weighted by molar-refractivity contribution is 8.00. The zero-order valence-corrected chi connectivity index (χ0v) is 18.1. The van der Waals surface area contributed by atoms with Crippen molar-refractivity contribution < 1.29 is 56.6 Å². The number of nitrogens with one attached hydrogen (secondary N) is 1. The predicted molar refractivity (Wildman–Crippen MR) is 98.1 cm³/mol. The van der Waals surface area contributed by atoms with Gasteiger partial charge in [0, 0.05) is 12.3 Å². The number of phosphoric acid groups is 3. The van der Waals surface area contributed by atoms with Gasteiger partial charge in [-0.1, -0.05) is 0 Å². The first kappa shape index (κ1) is 25.0. The summed E-state index contributed by atoms with van der Waals surface area (Å²) in [5.74, 6) is 0. The number of aliphatic hydroxyl groups excluding tert-OH is 2. The van der Waals surface area contributed by atoms with E-state index >= 15 is 0 Å². The Morgan fingerprint density at radius 2 is 1.72 bits per heavy atom.